The smallest absolute Gasteiger partial charge is 0.139 e. The van der Waals surface area contributed by atoms with Crippen molar-refractivity contribution in [2.75, 3.05) is 0 Å². The number of fused-ring (bicyclic) bond motifs is 9. The van der Waals surface area contributed by atoms with Crippen LogP contribution in [0.5, 0.6) is 0 Å². The molecule has 2 nitrogen and oxygen atoms in total. The average molecular weight is 637 g/mol. The lowest BCUT2D eigenvalue weighted by molar-refractivity contribution is 0.656. The molecule has 2 heteroatoms. The molecule has 0 radical (unpaired) electrons. The quantitative estimate of drug-likeness (QED) is 0.180. The summed E-state index contributed by atoms with van der Waals surface area (Å²) >= 11 is 0. The van der Waals surface area contributed by atoms with Crippen molar-refractivity contribution in [3.63, 3.8) is 0 Å². The van der Waals surface area contributed by atoms with Crippen molar-refractivity contribution < 1.29 is 8.83 Å². The highest BCUT2D eigenvalue weighted by atomic mass is 16.3. The third-order valence-corrected chi connectivity index (χ3v) is 10.4. The van der Waals surface area contributed by atoms with E-state index in [2.05, 4.69) is 152 Å². The molecule has 50 heavy (non-hydrogen) atoms. The Balaban J connectivity index is 1.06. The van der Waals surface area contributed by atoms with Crippen LogP contribution >= 0.6 is 0 Å². The lowest BCUT2D eigenvalue weighted by atomic mass is 9.85. The van der Waals surface area contributed by atoms with Gasteiger partial charge in [-0.1, -0.05) is 133 Å². The minimum absolute atomic E-state index is 0.838. The zero-order chi connectivity index (χ0) is 32.8. The number of hydrogen-bond acceptors (Lipinski definition) is 2. The molecule has 0 unspecified atom stereocenters. The second-order valence-electron chi connectivity index (χ2n) is 13.2. The number of furan rings is 2. The third kappa shape index (κ3) is 4.03. The Kier molecular flexibility index (Phi) is 5.70. The lowest BCUT2D eigenvalue weighted by Crippen LogP contribution is -1.91. The summed E-state index contributed by atoms with van der Waals surface area (Å²) in [5, 5.41) is 12.0. The lowest BCUT2D eigenvalue weighted by Gasteiger charge is -2.18. The average Bonchev–Trinajstić information content (AvgIpc) is 3.72. The summed E-state index contributed by atoms with van der Waals surface area (Å²) in [6.07, 6.45) is 0. The summed E-state index contributed by atoms with van der Waals surface area (Å²) in [6, 6.07) is 61.1. The molecule has 0 atom stereocenters. The molecule has 0 saturated heterocycles. The second kappa shape index (κ2) is 10.4. The van der Waals surface area contributed by atoms with E-state index in [-0.39, 0.29) is 0 Å². The van der Waals surface area contributed by atoms with Crippen LogP contribution in [-0.4, -0.2) is 0 Å². The van der Waals surface area contributed by atoms with Gasteiger partial charge in [0.15, 0.2) is 0 Å². The molecule has 2 heterocycles. The van der Waals surface area contributed by atoms with E-state index in [0.717, 1.165) is 49.4 Å². The molecular weight excluding hydrogens is 609 g/mol. The Morgan fingerprint density at radius 3 is 1.42 bits per heavy atom. The summed E-state index contributed by atoms with van der Waals surface area (Å²) in [6.45, 7) is 0. The highest BCUT2D eigenvalue weighted by molar-refractivity contribution is 6.22. The Hall–Kier alpha value is -6.64. The van der Waals surface area contributed by atoms with Gasteiger partial charge in [0.1, 0.15) is 22.3 Å². The van der Waals surface area contributed by atoms with E-state index in [1.807, 2.05) is 18.2 Å². The first-order valence-corrected chi connectivity index (χ1v) is 17.1. The molecule has 0 spiro atoms. The first kappa shape index (κ1) is 27.3. The van der Waals surface area contributed by atoms with Crippen LogP contribution in [0.3, 0.4) is 0 Å². The van der Waals surface area contributed by atoms with Gasteiger partial charge in [-0.2, -0.15) is 0 Å². The van der Waals surface area contributed by atoms with Crippen molar-refractivity contribution in [3.8, 4) is 33.4 Å². The van der Waals surface area contributed by atoms with Gasteiger partial charge in [0.05, 0.1) is 0 Å². The van der Waals surface area contributed by atoms with Gasteiger partial charge < -0.3 is 8.83 Å². The number of hydrogen-bond donors (Lipinski definition) is 0. The van der Waals surface area contributed by atoms with E-state index >= 15 is 0 Å². The third-order valence-electron chi connectivity index (χ3n) is 10.4. The molecule has 0 N–H and O–H groups in total. The van der Waals surface area contributed by atoms with Gasteiger partial charge in [0.25, 0.3) is 0 Å². The van der Waals surface area contributed by atoms with Crippen LogP contribution in [0.25, 0.3) is 110 Å². The van der Waals surface area contributed by atoms with E-state index in [1.54, 1.807) is 0 Å². The Morgan fingerprint density at radius 1 is 0.240 bits per heavy atom. The van der Waals surface area contributed by atoms with Gasteiger partial charge >= 0.3 is 0 Å². The van der Waals surface area contributed by atoms with Crippen LogP contribution < -0.4 is 0 Å². The summed E-state index contributed by atoms with van der Waals surface area (Å²) in [7, 11) is 0. The predicted molar refractivity (Wildman–Crippen MR) is 210 cm³/mol. The topological polar surface area (TPSA) is 26.3 Å². The molecule has 0 aliphatic heterocycles. The molecular formula is C48H28O2. The Morgan fingerprint density at radius 2 is 0.720 bits per heavy atom. The van der Waals surface area contributed by atoms with Crippen molar-refractivity contribution in [1.82, 2.24) is 0 Å². The Bertz CT molecular complexity index is 3080. The van der Waals surface area contributed by atoms with Gasteiger partial charge in [0.2, 0.25) is 0 Å². The van der Waals surface area contributed by atoms with Gasteiger partial charge in [-0.15, -0.1) is 0 Å². The minimum atomic E-state index is 0.838. The van der Waals surface area contributed by atoms with Crippen molar-refractivity contribution in [1.29, 1.82) is 0 Å². The van der Waals surface area contributed by atoms with Crippen molar-refractivity contribution >= 4 is 76.2 Å². The largest absolute Gasteiger partial charge is 0.456 e. The van der Waals surface area contributed by atoms with Crippen molar-refractivity contribution in [2.24, 2.45) is 0 Å². The van der Waals surface area contributed by atoms with E-state index in [9.17, 15) is 0 Å². The molecule has 9 aromatic carbocycles. The molecule has 11 aromatic rings. The molecule has 0 bridgehead atoms. The summed E-state index contributed by atoms with van der Waals surface area (Å²) in [5.41, 5.74) is 10.8. The zero-order valence-electron chi connectivity index (χ0n) is 27.0. The molecule has 0 aliphatic carbocycles. The normalized spacial score (nSPS) is 12.0. The van der Waals surface area contributed by atoms with Crippen LogP contribution in [0, 0.1) is 0 Å². The van der Waals surface area contributed by atoms with Crippen LogP contribution in [0.1, 0.15) is 0 Å². The number of rotatable bonds is 3. The first-order valence-electron chi connectivity index (χ1n) is 17.1. The number of benzene rings is 9. The first-order chi connectivity index (χ1) is 24.8. The van der Waals surface area contributed by atoms with Gasteiger partial charge in [0, 0.05) is 27.6 Å². The molecule has 0 aliphatic rings. The molecule has 232 valence electrons. The standard InChI is InChI=1S/C48H28O2/c1-2-10-32-25-34(22-19-29(32)9-1)48-38-14-5-3-12-36(38)47(37-13-4-6-15-39(37)48)31-20-17-30(18-21-31)33-23-24-44-40(26-33)42-27-41-35-11-7-8-16-43(35)49-45(41)28-46(42)50-44/h1-28H. The summed E-state index contributed by atoms with van der Waals surface area (Å²) in [4.78, 5) is 0. The molecule has 0 fully saturated rings. The van der Waals surface area contributed by atoms with Crippen molar-refractivity contribution in [2.45, 2.75) is 0 Å². The maximum absolute atomic E-state index is 6.31. The summed E-state index contributed by atoms with van der Waals surface area (Å²) in [5.74, 6) is 0. The van der Waals surface area contributed by atoms with Crippen molar-refractivity contribution in [3.05, 3.63) is 170 Å². The van der Waals surface area contributed by atoms with E-state index < -0.39 is 0 Å². The maximum atomic E-state index is 6.31. The van der Waals surface area contributed by atoms with E-state index in [4.69, 9.17) is 8.83 Å². The highest BCUT2D eigenvalue weighted by Gasteiger charge is 2.18. The summed E-state index contributed by atoms with van der Waals surface area (Å²) < 4.78 is 12.4. The van der Waals surface area contributed by atoms with Crippen LogP contribution in [-0.2, 0) is 0 Å². The highest BCUT2D eigenvalue weighted by Crippen LogP contribution is 2.45. The fourth-order valence-electron chi connectivity index (χ4n) is 8.10. The van der Waals surface area contributed by atoms with Crippen LogP contribution in [0.4, 0.5) is 0 Å². The SMILES string of the molecule is c1ccc2cc(-c3c4ccccc4c(-c4ccc(-c5ccc6oc7cc8oc9ccccc9c8cc7c6c5)cc4)c4ccccc34)ccc2c1. The van der Waals surface area contributed by atoms with Crippen LogP contribution in [0.2, 0.25) is 0 Å². The van der Waals surface area contributed by atoms with Gasteiger partial charge in [-0.05, 0) is 96.0 Å². The van der Waals surface area contributed by atoms with E-state index in [0.29, 0.717) is 0 Å². The molecule has 0 amide bonds. The Labute approximate surface area is 287 Å². The fraction of sp³-hybridized carbons (Fsp3) is 0. The van der Waals surface area contributed by atoms with E-state index in [1.165, 1.54) is 60.1 Å². The predicted octanol–water partition coefficient (Wildman–Crippen LogP) is 13.9. The van der Waals surface area contributed by atoms with Gasteiger partial charge in [-0.3, -0.25) is 0 Å². The second-order valence-corrected chi connectivity index (χ2v) is 13.2. The molecule has 0 saturated carbocycles. The minimum Gasteiger partial charge on any atom is -0.456 e. The zero-order valence-corrected chi connectivity index (χ0v) is 27.0. The number of para-hydroxylation sites is 1. The van der Waals surface area contributed by atoms with Crippen LogP contribution in [0.15, 0.2) is 179 Å². The molecule has 2 aromatic heterocycles. The monoisotopic (exact) mass is 636 g/mol. The molecule has 11 rings (SSSR count). The maximum Gasteiger partial charge on any atom is 0.139 e. The fourth-order valence-corrected chi connectivity index (χ4v) is 8.10. The van der Waals surface area contributed by atoms with Gasteiger partial charge in [-0.25, -0.2) is 0 Å².